The number of carboxylic acids is 1. The molecule has 0 aliphatic heterocycles. The van der Waals surface area contributed by atoms with E-state index >= 15 is 0 Å². The molecule has 0 aromatic rings. The lowest BCUT2D eigenvalue weighted by atomic mass is 10.3. The maximum absolute atomic E-state index is 11.9. The van der Waals surface area contributed by atoms with Gasteiger partial charge in [0.25, 0.3) is 0 Å². The maximum Gasteiger partial charge on any atom is 0.325 e. The summed E-state index contributed by atoms with van der Waals surface area (Å²) in [5.74, 6) is -1.87. The van der Waals surface area contributed by atoms with Crippen molar-refractivity contribution in [2.75, 3.05) is 5.75 Å². The Balaban J connectivity index is 2.40. The quantitative estimate of drug-likeness (QED) is 0.728. The Morgan fingerprint density at radius 2 is 1.89 bits per heavy atom. The van der Waals surface area contributed by atoms with Crippen LogP contribution >= 0.6 is 0 Å². The van der Waals surface area contributed by atoms with Crippen molar-refractivity contribution < 1.29 is 23.1 Å². The van der Waals surface area contributed by atoms with E-state index in [4.69, 9.17) is 5.11 Å². The van der Waals surface area contributed by atoms with Crippen LogP contribution in [0.5, 0.6) is 0 Å². The van der Waals surface area contributed by atoms with Crippen molar-refractivity contribution >= 4 is 21.7 Å². The number of carbonyl (C=O) groups excluding carboxylic acids is 1. The number of sulfone groups is 1. The lowest BCUT2D eigenvalue weighted by molar-refractivity contribution is -0.141. The first-order valence-corrected chi connectivity index (χ1v) is 7.78. The van der Waals surface area contributed by atoms with E-state index < -0.39 is 27.8 Å². The normalized spacial score (nSPS) is 18.5. The van der Waals surface area contributed by atoms with Gasteiger partial charge in [-0.1, -0.05) is 12.8 Å². The molecule has 0 radical (unpaired) electrons. The maximum atomic E-state index is 11.9. The number of amides is 1. The Labute approximate surface area is 107 Å². The molecule has 0 heterocycles. The minimum absolute atomic E-state index is 0.170. The summed E-state index contributed by atoms with van der Waals surface area (Å²) in [6.07, 6.45) is 3.03. The molecule has 0 aromatic heterocycles. The molecule has 0 aromatic carbocycles. The highest BCUT2D eigenvalue weighted by molar-refractivity contribution is 7.92. The fourth-order valence-electron chi connectivity index (χ4n) is 2.02. The highest BCUT2D eigenvalue weighted by atomic mass is 32.2. The van der Waals surface area contributed by atoms with Gasteiger partial charge in [-0.3, -0.25) is 9.59 Å². The average Bonchev–Trinajstić information content (AvgIpc) is 2.80. The van der Waals surface area contributed by atoms with Crippen LogP contribution < -0.4 is 5.32 Å². The fourth-order valence-corrected chi connectivity index (χ4v) is 3.88. The van der Waals surface area contributed by atoms with Crippen LogP contribution in [0.4, 0.5) is 0 Å². The van der Waals surface area contributed by atoms with E-state index in [-0.39, 0.29) is 17.4 Å². The molecule has 0 spiro atoms. The van der Waals surface area contributed by atoms with E-state index in [1.807, 2.05) is 0 Å². The van der Waals surface area contributed by atoms with E-state index in [9.17, 15) is 18.0 Å². The Morgan fingerprint density at radius 3 is 2.39 bits per heavy atom. The van der Waals surface area contributed by atoms with Gasteiger partial charge in [0, 0.05) is 6.42 Å². The Hall–Kier alpha value is -1.11. The summed E-state index contributed by atoms with van der Waals surface area (Å²) < 4.78 is 23.7. The first-order chi connectivity index (χ1) is 8.33. The summed E-state index contributed by atoms with van der Waals surface area (Å²) >= 11 is 0. The van der Waals surface area contributed by atoms with Crippen LogP contribution in [0.1, 0.15) is 39.0 Å². The van der Waals surface area contributed by atoms with E-state index in [1.54, 1.807) is 0 Å². The number of hydrogen-bond acceptors (Lipinski definition) is 4. The first-order valence-electron chi connectivity index (χ1n) is 6.06. The number of aliphatic carboxylic acids is 1. The largest absolute Gasteiger partial charge is 0.480 e. The third kappa shape index (κ3) is 4.29. The molecular weight excluding hydrogens is 258 g/mol. The zero-order valence-corrected chi connectivity index (χ0v) is 11.2. The van der Waals surface area contributed by atoms with Crippen LogP contribution in [0, 0.1) is 0 Å². The molecule has 1 aliphatic rings. The number of carbonyl (C=O) groups is 2. The molecule has 1 rings (SSSR count). The summed E-state index contributed by atoms with van der Waals surface area (Å²) in [7, 11) is -3.22. The standard InChI is InChI=1S/C11H19NO5S/c1-8(11(14)15)12-10(13)6-7-18(16,17)9-4-2-3-5-9/h8-9H,2-7H2,1H3,(H,12,13)(H,14,15). The van der Waals surface area contributed by atoms with Gasteiger partial charge in [0.1, 0.15) is 6.04 Å². The summed E-state index contributed by atoms with van der Waals surface area (Å²) in [4.78, 5) is 21.9. The Morgan fingerprint density at radius 1 is 1.33 bits per heavy atom. The van der Waals surface area contributed by atoms with E-state index in [2.05, 4.69) is 5.32 Å². The van der Waals surface area contributed by atoms with E-state index in [0.29, 0.717) is 12.8 Å². The third-order valence-corrected chi connectivity index (χ3v) is 5.43. The van der Waals surface area contributed by atoms with Crippen molar-refractivity contribution in [3.05, 3.63) is 0 Å². The molecule has 1 saturated carbocycles. The second kappa shape index (κ2) is 6.17. The Bertz CT molecular complexity index is 411. The van der Waals surface area contributed by atoms with Crippen molar-refractivity contribution in [3.63, 3.8) is 0 Å². The van der Waals surface area contributed by atoms with Gasteiger partial charge in [-0.15, -0.1) is 0 Å². The van der Waals surface area contributed by atoms with Gasteiger partial charge in [0.15, 0.2) is 9.84 Å². The fraction of sp³-hybridized carbons (Fsp3) is 0.818. The van der Waals surface area contributed by atoms with Gasteiger partial charge in [0.05, 0.1) is 11.0 Å². The highest BCUT2D eigenvalue weighted by Gasteiger charge is 2.29. The molecule has 1 atom stereocenters. The van der Waals surface area contributed by atoms with Gasteiger partial charge < -0.3 is 10.4 Å². The average molecular weight is 277 g/mol. The van der Waals surface area contributed by atoms with Crippen LogP contribution in [0.15, 0.2) is 0 Å². The summed E-state index contributed by atoms with van der Waals surface area (Å²) in [5.41, 5.74) is 0. The molecule has 1 unspecified atom stereocenters. The Kier molecular flexibility index (Phi) is 5.13. The van der Waals surface area contributed by atoms with Crippen LogP contribution in [0.3, 0.4) is 0 Å². The summed E-state index contributed by atoms with van der Waals surface area (Å²) in [5, 5.41) is 10.5. The van der Waals surface area contributed by atoms with Gasteiger partial charge in [-0.05, 0) is 19.8 Å². The minimum Gasteiger partial charge on any atom is -0.480 e. The topological polar surface area (TPSA) is 101 Å². The van der Waals surface area contributed by atoms with Gasteiger partial charge in [-0.25, -0.2) is 8.42 Å². The molecular formula is C11H19NO5S. The summed E-state index contributed by atoms with van der Waals surface area (Å²) in [6, 6.07) is -0.994. The molecule has 1 fully saturated rings. The molecule has 0 saturated heterocycles. The molecule has 18 heavy (non-hydrogen) atoms. The first kappa shape index (κ1) is 14.9. The summed E-state index contributed by atoms with van der Waals surface area (Å²) in [6.45, 7) is 1.34. The van der Waals surface area contributed by atoms with Crippen molar-refractivity contribution in [2.45, 2.75) is 50.3 Å². The molecule has 6 nitrogen and oxygen atoms in total. The minimum atomic E-state index is -3.22. The van der Waals surface area contributed by atoms with Gasteiger partial charge >= 0.3 is 5.97 Å². The number of hydrogen-bond donors (Lipinski definition) is 2. The number of nitrogens with one attached hydrogen (secondary N) is 1. The molecule has 104 valence electrons. The lowest BCUT2D eigenvalue weighted by Crippen LogP contribution is -2.39. The molecule has 7 heteroatoms. The van der Waals surface area contributed by atoms with Crippen molar-refractivity contribution in [1.82, 2.24) is 5.32 Å². The second-order valence-corrected chi connectivity index (χ2v) is 7.05. The molecule has 0 bridgehead atoms. The molecule has 1 amide bonds. The predicted octanol–water partition coefficient (Wildman–Crippen LogP) is 0.323. The van der Waals surface area contributed by atoms with Gasteiger partial charge in [-0.2, -0.15) is 0 Å². The SMILES string of the molecule is CC(NC(=O)CCS(=O)(=O)C1CCCC1)C(=O)O. The zero-order chi connectivity index (χ0) is 13.8. The smallest absolute Gasteiger partial charge is 0.325 e. The van der Waals surface area contributed by atoms with Gasteiger partial charge in [0.2, 0.25) is 5.91 Å². The number of carboxylic acid groups (broad SMARTS) is 1. The van der Waals surface area contributed by atoms with Crippen molar-refractivity contribution in [2.24, 2.45) is 0 Å². The van der Waals surface area contributed by atoms with Crippen LogP contribution in [-0.2, 0) is 19.4 Å². The second-order valence-electron chi connectivity index (χ2n) is 4.65. The monoisotopic (exact) mass is 277 g/mol. The van der Waals surface area contributed by atoms with Crippen LogP contribution in [-0.4, -0.2) is 42.4 Å². The third-order valence-electron chi connectivity index (χ3n) is 3.17. The van der Waals surface area contributed by atoms with E-state index in [0.717, 1.165) is 12.8 Å². The highest BCUT2D eigenvalue weighted by Crippen LogP contribution is 2.25. The van der Waals surface area contributed by atoms with Crippen LogP contribution in [0.2, 0.25) is 0 Å². The lowest BCUT2D eigenvalue weighted by Gasteiger charge is -2.12. The molecule has 1 aliphatic carbocycles. The zero-order valence-electron chi connectivity index (χ0n) is 10.4. The van der Waals surface area contributed by atoms with Crippen molar-refractivity contribution in [1.29, 1.82) is 0 Å². The van der Waals surface area contributed by atoms with Crippen LogP contribution in [0.25, 0.3) is 0 Å². The van der Waals surface area contributed by atoms with Crippen molar-refractivity contribution in [3.8, 4) is 0 Å². The predicted molar refractivity (Wildman–Crippen MR) is 65.9 cm³/mol. The molecule has 2 N–H and O–H groups in total. The van der Waals surface area contributed by atoms with E-state index in [1.165, 1.54) is 6.92 Å². The number of rotatable bonds is 6.